The number of carbonyl (C=O) groups excluding carboxylic acids is 2. The first-order chi connectivity index (χ1) is 14.2. The van der Waals surface area contributed by atoms with Crippen LogP contribution in [-0.4, -0.2) is 22.8 Å². The predicted octanol–water partition coefficient (Wildman–Crippen LogP) is 3.73. The average molecular weight is 384 g/mol. The summed E-state index contributed by atoms with van der Waals surface area (Å²) < 4.78 is 0. The van der Waals surface area contributed by atoms with Crippen LogP contribution in [0.2, 0.25) is 0 Å². The second-order valence-corrected chi connectivity index (χ2v) is 7.32. The number of nitrogens with zero attached hydrogens (tertiary/aromatic N) is 2. The Morgan fingerprint density at radius 2 is 1.31 bits per heavy atom. The van der Waals surface area contributed by atoms with E-state index in [1.165, 1.54) is 4.90 Å². The third-order valence-corrected chi connectivity index (χ3v) is 5.54. The lowest BCUT2D eigenvalue weighted by atomic mass is 9.90. The van der Waals surface area contributed by atoms with Crippen molar-refractivity contribution < 1.29 is 14.4 Å². The van der Waals surface area contributed by atoms with Crippen LogP contribution in [0.3, 0.4) is 0 Å². The highest BCUT2D eigenvalue weighted by Gasteiger charge is 2.59. The van der Waals surface area contributed by atoms with Crippen LogP contribution in [-0.2, 0) is 21.0 Å². The largest absolute Gasteiger partial charge is 0.275 e. The van der Waals surface area contributed by atoms with Crippen molar-refractivity contribution in [3.05, 3.63) is 102 Å². The maximum absolute atomic E-state index is 13.4. The van der Waals surface area contributed by atoms with Crippen molar-refractivity contribution in [2.24, 2.45) is 5.92 Å². The summed E-state index contributed by atoms with van der Waals surface area (Å²) in [5.74, 6) is -1.03. The monoisotopic (exact) mass is 384 g/mol. The molecule has 2 aliphatic rings. The van der Waals surface area contributed by atoms with Crippen LogP contribution in [0.1, 0.15) is 17.2 Å². The third kappa shape index (κ3) is 3.00. The number of benzene rings is 3. The molecule has 0 bridgehead atoms. The average Bonchev–Trinajstić information content (AvgIpc) is 3.28. The fraction of sp³-hybridized carbons (Fsp3) is 0.167. The van der Waals surface area contributed by atoms with E-state index < -0.39 is 12.0 Å². The molecule has 29 heavy (non-hydrogen) atoms. The molecule has 0 N–H and O–H groups in total. The summed E-state index contributed by atoms with van der Waals surface area (Å²) >= 11 is 0. The topological polar surface area (TPSA) is 49.9 Å². The molecule has 0 aromatic heterocycles. The lowest BCUT2D eigenvalue weighted by Crippen LogP contribution is -2.36. The number of para-hydroxylation sites is 1. The van der Waals surface area contributed by atoms with Crippen LogP contribution in [0.5, 0.6) is 0 Å². The van der Waals surface area contributed by atoms with Gasteiger partial charge in [0.1, 0.15) is 5.92 Å². The van der Waals surface area contributed by atoms with E-state index in [-0.39, 0.29) is 24.4 Å². The fourth-order valence-electron chi connectivity index (χ4n) is 4.18. The standard InChI is InChI=1S/C24H20N2O3/c27-23-20-21(18-12-6-2-7-13-18)26(19-14-8-3-9-15-19)29-22(20)24(28)25(23)16-17-10-4-1-5-11-17/h1-15,20-22H,16H2. The molecule has 2 fully saturated rings. The molecule has 2 amide bonds. The predicted molar refractivity (Wildman–Crippen MR) is 108 cm³/mol. The zero-order valence-corrected chi connectivity index (χ0v) is 15.7. The maximum Gasteiger partial charge on any atom is 0.262 e. The fourth-order valence-corrected chi connectivity index (χ4v) is 4.18. The van der Waals surface area contributed by atoms with Gasteiger partial charge >= 0.3 is 0 Å². The summed E-state index contributed by atoms with van der Waals surface area (Å²) in [6.07, 6.45) is -0.809. The summed E-state index contributed by atoms with van der Waals surface area (Å²) in [6.45, 7) is 0.266. The highest BCUT2D eigenvalue weighted by molar-refractivity contribution is 6.07. The van der Waals surface area contributed by atoms with Crippen LogP contribution in [0.15, 0.2) is 91.0 Å². The Kier molecular flexibility index (Phi) is 4.37. The van der Waals surface area contributed by atoms with Gasteiger partial charge < -0.3 is 0 Å². The summed E-state index contributed by atoms with van der Waals surface area (Å²) in [4.78, 5) is 33.9. The molecule has 3 unspecified atom stereocenters. The van der Waals surface area contributed by atoms with Crippen molar-refractivity contribution in [1.29, 1.82) is 0 Å². The molecule has 0 aliphatic carbocycles. The summed E-state index contributed by atoms with van der Waals surface area (Å²) in [5.41, 5.74) is 2.70. The van der Waals surface area contributed by atoms with Crippen molar-refractivity contribution in [1.82, 2.24) is 4.90 Å². The first-order valence-electron chi connectivity index (χ1n) is 9.69. The summed E-state index contributed by atoms with van der Waals surface area (Å²) in [6, 6.07) is 28.6. The molecule has 144 valence electrons. The van der Waals surface area contributed by atoms with Crippen molar-refractivity contribution in [3.63, 3.8) is 0 Å². The molecule has 0 saturated carbocycles. The minimum atomic E-state index is -0.809. The number of hydrogen-bond donors (Lipinski definition) is 0. The SMILES string of the molecule is O=C1C2ON(c3ccccc3)C(c3ccccc3)C2C(=O)N1Cc1ccccc1. The number of carbonyl (C=O) groups is 2. The van der Waals surface area contributed by atoms with Crippen molar-refractivity contribution in [2.75, 3.05) is 5.06 Å². The van der Waals surface area contributed by atoms with Gasteiger partial charge in [0.2, 0.25) is 5.91 Å². The van der Waals surface area contributed by atoms with Crippen molar-refractivity contribution in [2.45, 2.75) is 18.7 Å². The molecule has 2 saturated heterocycles. The van der Waals surface area contributed by atoms with Crippen molar-refractivity contribution in [3.8, 4) is 0 Å². The number of fused-ring (bicyclic) bond motifs is 1. The van der Waals surface area contributed by atoms with Gasteiger partial charge in [-0.3, -0.25) is 19.3 Å². The summed E-state index contributed by atoms with van der Waals surface area (Å²) in [5, 5.41) is 1.72. The first kappa shape index (κ1) is 17.6. The molecule has 0 radical (unpaired) electrons. The van der Waals surface area contributed by atoms with E-state index in [9.17, 15) is 9.59 Å². The number of hydroxylamine groups is 1. The molecule has 3 atom stereocenters. The lowest BCUT2D eigenvalue weighted by molar-refractivity contribution is -0.143. The number of amides is 2. The van der Waals surface area contributed by atoms with Crippen LogP contribution in [0, 0.1) is 5.92 Å². The molecular formula is C24H20N2O3. The quantitative estimate of drug-likeness (QED) is 0.643. The minimum Gasteiger partial charge on any atom is -0.275 e. The van der Waals surface area contributed by atoms with E-state index in [1.54, 1.807) is 5.06 Å². The number of anilines is 1. The first-order valence-corrected chi connectivity index (χ1v) is 9.69. The van der Waals surface area contributed by atoms with Gasteiger partial charge in [-0.2, -0.15) is 0 Å². The van der Waals surface area contributed by atoms with Gasteiger partial charge in [-0.25, -0.2) is 5.06 Å². The number of rotatable bonds is 4. The normalized spacial score (nSPS) is 23.5. The van der Waals surface area contributed by atoms with E-state index in [2.05, 4.69) is 0 Å². The second kappa shape index (κ2) is 7.18. The highest BCUT2D eigenvalue weighted by Crippen LogP contribution is 2.46. The lowest BCUT2D eigenvalue weighted by Gasteiger charge is -2.28. The Morgan fingerprint density at radius 3 is 1.97 bits per heavy atom. The molecule has 3 aromatic carbocycles. The van der Waals surface area contributed by atoms with E-state index in [0.717, 1.165) is 16.8 Å². The maximum atomic E-state index is 13.4. The smallest absolute Gasteiger partial charge is 0.262 e. The van der Waals surface area contributed by atoms with Crippen LogP contribution in [0.25, 0.3) is 0 Å². The Hall–Kier alpha value is -3.44. The number of hydrogen-bond acceptors (Lipinski definition) is 4. The minimum absolute atomic E-state index is 0.184. The van der Waals surface area contributed by atoms with Gasteiger partial charge in [0.15, 0.2) is 6.10 Å². The van der Waals surface area contributed by atoms with Gasteiger partial charge in [0, 0.05) is 0 Å². The van der Waals surface area contributed by atoms with Crippen molar-refractivity contribution >= 4 is 17.5 Å². The van der Waals surface area contributed by atoms with Gasteiger partial charge in [0.05, 0.1) is 18.3 Å². The van der Waals surface area contributed by atoms with Gasteiger partial charge in [-0.05, 0) is 23.3 Å². The molecule has 0 spiro atoms. The van der Waals surface area contributed by atoms with Crippen LogP contribution in [0.4, 0.5) is 5.69 Å². The number of imide groups is 1. The Balaban J connectivity index is 1.52. The van der Waals surface area contributed by atoms with Crippen LogP contribution >= 0.6 is 0 Å². The molecule has 5 heteroatoms. The second-order valence-electron chi connectivity index (χ2n) is 7.32. The summed E-state index contributed by atoms with van der Waals surface area (Å²) in [7, 11) is 0. The highest BCUT2D eigenvalue weighted by atomic mass is 16.7. The molecule has 2 aliphatic heterocycles. The Labute approximate surface area is 169 Å². The van der Waals surface area contributed by atoms with Gasteiger partial charge in [0.25, 0.3) is 5.91 Å². The molecule has 2 heterocycles. The molecular weight excluding hydrogens is 364 g/mol. The molecule has 5 nitrogen and oxygen atoms in total. The van der Waals surface area contributed by atoms with E-state index in [1.807, 2.05) is 91.0 Å². The molecule has 3 aromatic rings. The Bertz CT molecular complexity index is 1020. The zero-order valence-electron chi connectivity index (χ0n) is 15.7. The van der Waals surface area contributed by atoms with E-state index in [4.69, 9.17) is 4.84 Å². The molecule has 5 rings (SSSR count). The van der Waals surface area contributed by atoms with E-state index in [0.29, 0.717) is 0 Å². The van der Waals surface area contributed by atoms with Gasteiger partial charge in [-0.15, -0.1) is 0 Å². The number of likely N-dealkylation sites (tertiary alicyclic amines) is 1. The zero-order chi connectivity index (χ0) is 19.8. The Morgan fingerprint density at radius 1 is 0.724 bits per heavy atom. The third-order valence-electron chi connectivity index (χ3n) is 5.54. The van der Waals surface area contributed by atoms with Crippen LogP contribution < -0.4 is 5.06 Å². The van der Waals surface area contributed by atoms with Gasteiger partial charge in [-0.1, -0.05) is 78.9 Å². The van der Waals surface area contributed by atoms with E-state index >= 15 is 0 Å².